The average Bonchev–Trinajstić information content (AvgIpc) is 3.28. The zero-order chi connectivity index (χ0) is 25.1. The molecule has 2 heterocycles. The molecule has 2 aliphatic rings. The molecule has 0 aliphatic carbocycles. The molecule has 2 N–H and O–H groups in total. The van der Waals surface area contributed by atoms with Crippen LogP contribution in [0.4, 0.5) is 4.79 Å². The predicted molar refractivity (Wildman–Crippen MR) is 128 cm³/mol. The van der Waals surface area contributed by atoms with Gasteiger partial charge in [0, 0.05) is 18.8 Å². The fourth-order valence-electron chi connectivity index (χ4n) is 4.27. The van der Waals surface area contributed by atoms with E-state index >= 15 is 0 Å². The average molecular weight is 492 g/mol. The van der Waals surface area contributed by atoms with E-state index < -0.39 is 35.2 Å². The molecule has 0 aromatic heterocycles. The molecule has 1 aromatic carbocycles. The lowest BCUT2D eigenvalue weighted by Crippen LogP contribution is -2.57. The lowest BCUT2D eigenvalue weighted by atomic mass is 9.71. The number of amides is 3. The van der Waals surface area contributed by atoms with Crippen molar-refractivity contribution in [1.29, 1.82) is 0 Å². The number of carbonyl (C=O) groups is 4. The number of aliphatic carboxylic acids is 1. The number of likely N-dealkylation sites (tertiary alicyclic amines) is 1. The van der Waals surface area contributed by atoms with Crippen LogP contribution in [0.3, 0.4) is 0 Å². The molecule has 0 saturated carbocycles. The topological polar surface area (TPSA) is 116 Å². The second-order valence-electron chi connectivity index (χ2n) is 9.77. The SMILES string of the molecule is C[C@@H](NC(=O)C1(c2ccccc2)CCN(C(=O)[C@H]2CSCN2C(=O)OC(C)(C)C)CC1)C(=O)O. The Labute approximate surface area is 204 Å². The lowest BCUT2D eigenvalue weighted by Gasteiger charge is -2.42. The summed E-state index contributed by atoms with van der Waals surface area (Å²) in [6.07, 6.45) is 0.203. The Balaban J connectivity index is 1.74. The third-order valence-electron chi connectivity index (χ3n) is 6.20. The number of nitrogens with one attached hydrogen (secondary N) is 1. The van der Waals surface area contributed by atoms with Crippen molar-refractivity contribution in [3.8, 4) is 0 Å². The molecular weight excluding hydrogens is 458 g/mol. The maximum atomic E-state index is 13.4. The Bertz CT molecular complexity index is 924. The van der Waals surface area contributed by atoms with Gasteiger partial charge in [0.15, 0.2) is 0 Å². The van der Waals surface area contributed by atoms with E-state index in [0.29, 0.717) is 37.6 Å². The van der Waals surface area contributed by atoms with Crippen LogP contribution < -0.4 is 5.32 Å². The van der Waals surface area contributed by atoms with Crippen LogP contribution in [0.25, 0.3) is 0 Å². The van der Waals surface area contributed by atoms with Crippen LogP contribution in [0, 0.1) is 0 Å². The number of rotatable bonds is 5. The number of carboxylic acid groups (broad SMARTS) is 1. The van der Waals surface area contributed by atoms with Crippen molar-refractivity contribution in [2.45, 2.75) is 63.6 Å². The quantitative estimate of drug-likeness (QED) is 0.650. The number of hydrogen-bond donors (Lipinski definition) is 2. The molecule has 2 aliphatic heterocycles. The maximum absolute atomic E-state index is 13.4. The van der Waals surface area contributed by atoms with Crippen molar-refractivity contribution >= 4 is 35.6 Å². The molecule has 2 fully saturated rings. The minimum absolute atomic E-state index is 0.156. The Morgan fingerprint density at radius 3 is 2.32 bits per heavy atom. The van der Waals surface area contributed by atoms with Gasteiger partial charge in [0.2, 0.25) is 11.8 Å². The number of carbonyl (C=O) groups excluding carboxylic acids is 3. The van der Waals surface area contributed by atoms with Crippen LogP contribution in [-0.2, 0) is 24.5 Å². The van der Waals surface area contributed by atoms with Crippen molar-refractivity contribution in [3.05, 3.63) is 35.9 Å². The van der Waals surface area contributed by atoms with Gasteiger partial charge in [0.1, 0.15) is 17.7 Å². The van der Waals surface area contributed by atoms with E-state index in [4.69, 9.17) is 4.74 Å². The molecule has 1 aromatic rings. The maximum Gasteiger partial charge on any atom is 0.411 e. The molecule has 3 amide bonds. The van der Waals surface area contributed by atoms with E-state index in [2.05, 4.69) is 5.32 Å². The van der Waals surface area contributed by atoms with Crippen molar-refractivity contribution in [1.82, 2.24) is 15.1 Å². The first kappa shape index (κ1) is 25.9. The number of hydrogen-bond acceptors (Lipinski definition) is 6. The fourth-order valence-corrected chi connectivity index (χ4v) is 5.40. The predicted octanol–water partition coefficient (Wildman–Crippen LogP) is 2.45. The van der Waals surface area contributed by atoms with Gasteiger partial charge in [-0.25, -0.2) is 4.79 Å². The summed E-state index contributed by atoms with van der Waals surface area (Å²) in [6.45, 7) is 7.44. The van der Waals surface area contributed by atoms with Crippen molar-refractivity contribution in [3.63, 3.8) is 0 Å². The smallest absolute Gasteiger partial charge is 0.411 e. The molecule has 2 atom stereocenters. The Hall–Kier alpha value is -2.75. The van der Waals surface area contributed by atoms with Gasteiger partial charge >= 0.3 is 12.1 Å². The van der Waals surface area contributed by atoms with Crippen molar-refractivity contribution in [2.24, 2.45) is 0 Å². The van der Waals surface area contributed by atoms with Gasteiger partial charge in [-0.2, -0.15) is 0 Å². The highest BCUT2D eigenvalue weighted by atomic mass is 32.2. The Morgan fingerprint density at radius 1 is 1.15 bits per heavy atom. The van der Waals surface area contributed by atoms with E-state index in [-0.39, 0.29) is 11.8 Å². The minimum Gasteiger partial charge on any atom is -0.480 e. The van der Waals surface area contributed by atoms with E-state index in [0.717, 1.165) is 5.56 Å². The lowest BCUT2D eigenvalue weighted by molar-refractivity contribution is -0.143. The van der Waals surface area contributed by atoms with Crippen LogP contribution in [0.15, 0.2) is 30.3 Å². The number of benzene rings is 1. The van der Waals surface area contributed by atoms with Crippen LogP contribution >= 0.6 is 11.8 Å². The summed E-state index contributed by atoms with van der Waals surface area (Å²) in [4.78, 5) is 53.7. The Morgan fingerprint density at radius 2 is 1.76 bits per heavy atom. The molecule has 0 bridgehead atoms. The summed E-state index contributed by atoms with van der Waals surface area (Å²) in [7, 11) is 0. The molecule has 0 spiro atoms. The van der Waals surface area contributed by atoms with E-state index in [9.17, 15) is 24.3 Å². The fraction of sp³-hybridized carbons (Fsp3) is 0.583. The van der Waals surface area contributed by atoms with E-state index in [1.807, 2.05) is 30.3 Å². The van der Waals surface area contributed by atoms with Gasteiger partial charge in [-0.05, 0) is 46.1 Å². The second kappa shape index (κ2) is 10.2. The highest BCUT2D eigenvalue weighted by molar-refractivity contribution is 7.99. The molecule has 186 valence electrons. The zero-order valence-electron chi connectivity index (χ0n) is 20.1. The van der Waals surface area contributed by atoms with Crippen LogP contribution in [0.5, 0.6) is 0 Å². The third-order valence-corrected chi connectivity index (χ3v) is 7.22. The van der Waals surface area contributed by atoms with Gasteiger partial charge < -0.3 is 20.1 Å². The highest BCUT2D eigenvalue weighted by Gasteiger charge is 2.46. The molecule has 3 rings (SSSR count). The molecule has 34 heavy (non-hydrogen) atoms. The van der Waals surface area contributed by atoms with Gasteiger partial charge in [-0.15, -0.1) is 11.8 Å². The van der Waals surface area contributed by atoms with Crippen molar-refractivity contribution < 1.29 is 29.0 Å². The van der Waals surface area contributed by atoms with Crippen LogP contribution in [-0.4, -0.2) is 81.2 Å². The first-order valence-corrected chi connectivity index (χ1v) is 12.6. The minimum atomic E-state index is -1.11. The summed E-state index contributed by atoms with van der Waals surface area (Å²) >= 11 is 1.51. The number of nitrogens with zero attached hydrogens (tertiary/aromatic N) is 2. The molecular formula is C24H33N3O6S. The summed E-state index contributed by atoms with van der Waals surface area (Å²) in [5.74, 6) is -0.730. The van der Waals surface area contributed by atoms with Gasteiger partial charge in [-0.1, -0.05) is 30.3 Å². The van der Waals surface area contributed by atoms with Crippen molar-refractivity contribution in [2.75, 3.05) is 24.7 Å². The largest absolute Gasteiger partial charge is 0.480 e. The van der Waals surface area contributed by atoms with Gasteiger partial charge in [0.05, 0.1) is 11.3 Å². The summed E-state index contributed by atoms with van der Waals surface area (Å²) in [6, 6.07) is 7.64. The third kappa shape index (κ3) is 5.65. The number of piperidine rings is 1. The van der Waals surface area contributed by atoms with Gasteiger partial charge in [-0.3, -0.25) is 19.3 Å². The van der Waals surface area contributed by atoms with Gasteiger partial charge in [0.25, 0.3) is 0 Å². The van der Waals surface area contributed by atoms with E-state index in [1.54, 1.807) is 25.7 Å². The standard InChI is InChI=1S/C24H33N3O6S/c1-16(20(29)30)25-21(31)24(17-8-6-5-7-9-17)10-12-26(13-11-24)19(28)18-14-34-15-27(18)22(32)33-23(2,3)4/h5-9,16,18H,10-15H2,1-4H3,(H,25,31)(H,29,30)/t16-,18-/m1/s1. The first-order chi connectivity index (χ1) is 15.9. The van der Waals surface area contributed by atoms with Crippen LogP contribution in [0.1, 0.15) is 46.1 Å². The molecule has 2 saturated heterocycles. The second-order valence-corrected chi connectivity index (χ2v) is 10.8. The molecule has 0 unspecified atom stereocenters. The number of carboxylic acids is 1. The van der Waals surface area contributed by atoms with Crippen LogP contribution in [0.2, 0.25) is 0 Å². The summed E-state index contributed by atoms with van der Waals surface area (Å²) < 4.78 is 5.47. The normalized spacial score (nSPS) is 21.0. The monoisotopic (exact) mass is 491 g/mol. The summed E-state index contributed by atoms with van der Waals surface area (Å²) in [5.41, 5.74) is -0.792. The summed E-state index contributed by atoms with van der Waals surface area (Å²) in [5, 5.41) is 11.9. The highest BCUT2D eigenvalue weighted by Crippen LogP contribution is 2.37. The molecule has 0 radical (unpaired) electrons. The first-order valence-electron chi connectivity index (χ1n) is 11.4. The zero-order valence-corrected chi connectivity index (χ0v) is 20.9. The van der Waals surface area contributed by atoms with E-state index in [1.165, 1.54) is 23.6 Å². The Kier molecular flexibility index (Phi) is 7.80. The molecule has 10 heteroatoms. The number of thioether (sulfide) groups is 1. The number of ether oxygens (including phenoxy) is 1. The molecule has 9 nitrogen and oxygen atoms in total.